The minimum atomic E-state index is -0.0653. The van der Waals surface area contributed by atoms with E-state index in [9.17, 15) is 9.59 Å². The monoisotopic (exact) mass is 254 g/mol. The highest BCUT2D eigenvalue weighted by Crippen LogP contribution is 2.47. The van der Waals surface area contributed by atoms with Crippen molar-refractivity contribution in [2.45, 2.75) is 46.1 Å². The highest BCUT2D eigenvalue weighted by atomic mass is 16.2. The van der Waals surface area contributed by atoms with Gasteiger partial charge in [0.2, 0.25) is 12.2 Å². The van der Waals surface area contributed by atoms with Crippen LogP contribution in [0.15, 0.2) is 9.98 Å². The Morgan fingerprint density at radius 2 is 1.78 bits per heavy atom. The maximum atomic E-state index is 10.3. The molecule has 2 atom stereocenters. The van der Waals surface area contributed by atoms with Gasteiger partial charge < -0.3 is 5.11 Å². The van der Waals surface area contributed by atoms with Crippen molar-refractivity contribution in [2.24, 2.45) is 20.8 Å². The van der Waals surface area contributed by atoms with Crippen LogP contribution in [0.3, 0.4) is 0 Å². The van der Waals surface area contributed by atoms with Gasteiger partial charge in [-0.05, 0) is 30.1 Å². The average molecular weight is 254 g/mol. The summed E-state index contributed by atoms with van der Waals surface area (Å²) in [5, 5.41) is 7.00. The zero-order valence-electron chi connectivity index (χ0n) is 11.6. The predicted molar refractivity (Wildman–Crippen MR) is 68.8 cm³/mol. The number of rotatable bonds is 3. The summed E-state index contributed by atoms with van der Waals surface area (Å²) in [6.07, 6.45) is 5.88. The van der Waals surface area contributed by atoms with Crippen LogP contribution in [0.4, 0.5) is 0 Å². The highest BCUT2D eigenvalue weighted by molar-refractivity contribution is 5.34. The van der Waals surface area contributed by atoms with Gasteiger partial charge in [0, 0.05) is 7.11 Å². The van der Waals surface area contributed by atoms with E-state index in [1.165, 1.54) is 0 Å². The van der Waals surface area contributed by atoms with E-state index in [2.05, 4.69) is 30.8 Å². The molecule has 0 spiro atoms. The standard InChI is InChI=1S/C12H18N2O2.CH4O/c1-11(2)4-10(14-9-16)5-12(3,6-11)7-13-8-15;1-2/h10H,4-7H2,1-3H3;2H,1H3. The number of aliphatic imine (C=N–C) groups is 2. The number of aliphatic hydroxyl groups is 1. The van der Waals surface area contributed by atoms with Crippen molar-refractivity contribution in [3.8, 4) is 0 Å². The van der Waals surface area contributed by atoms with E-state index in [0.717, 1.165) is 26.4 Å². The first-order valence-electron chi connectivity index (χ1n) is 5.96. The number of isocyanates is 2. The molecule has 0 aromatic heterocycles. The molecule has 1 saturated carbocycles. The molecule has 18 heavy (non-hydrogen) atoms. The van der Waals surface area contributed by atoms with Gasteiger partial charge >= 0.3 is 0 Å². The van der Waals surface area contributed by atoms with Gasteiger partial charge in [-0.15, -0.1) is 0 Å². The normalized spacial score (nSPS) is 29.1. The van der Waals surface area contributed by atoms with Crippen LogP contribution < -0.4 is 0 Å². The van der Waals surface area contributed by atoms with Gasteiger partial charge in [0.25, 0.3) is 0 Å². The molecule has 1 fully saturated rings. The fourth-order valence-electron chi connectivity index (χ4n) is 3.09. The fraction of sp³-hybridized carbons (Fsp3) is 0.846. The molecule has 102 valence electrons. The van der Waals surface area contributed by atoms with Crippen LogP contribution in [0.25, 0.3) is 0 Å². The van der Waals surface area contributed by atoms with Crippen molar-refractivity contribution >= 4 is 12.2 Å². The molecule has 0 aromatic carbocycles. The Kier molecular flexibility index (Phi) is 6.71. The number of hydrogen-bond donors (Lipinski definition) is 1. The molecule has 0 aliphatic heterocycles. The van der Waals surface area contributed by atoms with Crippen LogP contribution in [0.2, 0.25) is 0 Å². The Balaban J connectivity index is 0.00000137. The molecule has 1 aliphatic carbocycles. The van der Waals surface area contributed by atoms with Gasteiger partial charge in [-0.25, -0.2) is 19.6 Å². The van der Waals surface area contributed by atoms with Crippen LogP contribution in [0.5, 0.6) is 0 Å². The van der Waals surface area contributed by atoms with Crippen molar-refractivity contribution in [3.63, 3.8) is 0 Å². The van der Waals surface area contributed by atoms with E-state index >= 15 is 0 Å². The molecule has 5 heteroatoms. The summed E-state index contributed by atoms with van der Waals surface area (Å²) >= 11 is 0. The molecule has 2 unspecified atom stereocenters. The SMILES string of the molecule is CC1(C)CC(N=C=O)CC(C)(CN=C=O)C1.CO. The molecule has 0 aromatic rings. The molecular formula is C13H22N2O3. The van der Waals surface area contributed by atoms with Gasteiger partial charge in [0.1, 0.15) is 0 Å². The molecule has 0 saturated heterocycles. The zero-order chi connectivity index (χ0) is 14.2. The number of carbonyl (C=O) groups excluding carboxylic acids is 2. The third kappa shape index (κ3) is 5.37. The summed E-state index contributed by atoms with van der Waals surface area (Å²) in [5.41, 5.74) is 0.0561. The molecule has 0 heterocycles. The van der Waals surface area contributed by atoms with Gasteiger partial charge in [0.05, 0.1) is 12.6 Å². The number of nitrogens with zero attached hydrogens (tertiary/aromatic N) is 2. The van der Waals surface area contributed by atoms with Crippen molar-refractivity contribution in [2.75, 3.05) is 13.7 Å². The van der Waals surface area contributed by atoms with Crippen molar-refractivity contribution in [1.29, 1.82) is 0 Å². The van der Waals surface area contributed by atoms with E-state index in [1.54, 1.807) is 12.2 Å². The minimum absolute atomic E-state index is 0.00750. The van der Waals surface area contributed by atoms with E-state index in [4.69, 9.17) is 5.11 Å². The molecule has 0 amide bonds. The smallest absolute Gasteiger partial charge is 0.235 e. The third-order valence-electron chi connectivity index (χ3n) is 3.18. The van der Waals surface area contributed by atoms with Gasteiger partial charge in [-0.3, -0.25) is 0 Å². The molecule has 5 nitrogen and oxygen atoms in total. The van der Waals surface area contributed by atoms with E-state index in [0.29, 0.717) is 6.54 Å². The highest BCUT2D eigenvalue weighted by Gasteiger charge is 2.41. The van der Waals surface area contributed by atoms with Crippen LogP contribution in [0.1, 0.15) is 40.0 Å². The van der Waals surface area contributed by atoms with Gasteiger partial charge in [-0.1, -0.05) is 20.8 Å². The Labute approximate surface area is 108 Å². The number of aliphatic hydroxyl groups excluding tert-OH is 1. The van der Waals surface area contributed by atoms with Crippen LogP contribution in [0, 0.1) is 10.8 Å². The van der Waals surface area contributed by atoms with Crippen molar-refractivity contribution in [1.82, 2.24) is 0 Å². The first-order chi connectivity index (χ1) is 8.41. The van der Waals surface area contributed by atoms with Crippen molar-refractivity contribution in [3.05, 3.63) is 0 Å². The lowest BCUT2D eigenvalue weighted by molar-refractivity contribution is 0.0915. The summed E-state index contributed by atoms with van der Waals surface area (Å²) in [6, 6.07) is 0.00750. The summed E-state index contributed by atoms with van der Waals surface area (Å²) in [5.74, 6) is 0. The topological polar surface area (TPSA) is 79.1 Å². The fourth-order valence-corrected chi connectivity index (χ4v) is 3.09. The minimum Gasteiger partial charge on any atom is -0.400 e. The average Bonchev–Trinajstić information content (AvgIpc) is 2.27. The van der Waals surface area contributed by atoms with Crippen LogP contribution >= 0.6 is 0 Å². The quantitative estimate of drug-likeness (QED) is 0.616. The lowest BCUT2D eigenvalue weighted by atomic mass is 9.63. The van der Waals surface area contributed by atoms with Crippen LogP contribution in [-0.4, -0.2) is 37.0 Å². The lowest BCUT2D eigenvalue weighted by Crippen LogP contribution is -2.39. The Morgan fingerprint density at radius 3 is 2.28 bits per heavy atom. The summed E-state index contributed by atoms with van der Waals surface area (Å²) < 4.78 is 0. The van der Waals surface area contributed by atoms with Crippen LogP contribution in [-0.2, 0) is 9.59 Å². The molecule has 1 aliphatic rings. The van der Waals surface area contributed by atoms with E-state index in [-0.39, 0.29) is 16.9 Å². The second kappa shape index (κ2) is 7.22. The predicted octanol–water partition coefficient (Wildman–Crippen LogP) is 1.85. The van der Waals surface area contributed by atoms with E-state index in [1.807, 2.05) is 0 Å². The largest absolute Gasteiger partial charge is 0.400 e. The Morgan fingerprint density at radius 1 is 1.17 bits per heavy atom. The summed E-state index contributed by atoms with van der Waals surface area (Å²) in [6.45, 7) is 6.86. The molecule has 1 N–H and O–H groups in total. The molecule has 0 radical (unpaired) electrons. The first kappa shape index (κ1) is 16.7. The van der Waals surface area contributed by atoms with Crippen molar-refractivity contribution < 1.29 is 14.7 Å². The molecule has 0 bridgehead atoms. The third-order valence-corrected chi connectivity index (χ3v) is 3.18. The Hall–Kier alpha value is -1.28. The Bertz CT molecular complexity index is 355. The van der Waals surface area contributed by atoms with E-state index < -0.39 is 0 Å². The summed E-state index contributed by atoms with van der Waals surface area (Å²) in [7, 11) is 1.00. The molecular weight excluding hydrogens is 232 g/mol. The second-order valence-corrected chi connectivity index (χ2v) is 5.84. The number of hydrogen-bond acceptors (Lipinski definition) is 5. The molecule has 1 rings (SSSR count). The first-order valence-corrected chi connectivity index (χ1v) is 5.96. The maximum absolute atomic E-state index is 10.3. The second-order valence-electron chi connectivity index (χ2n) is 5.84. The maximum Gasteiger partial charge on any atom is 0.235 e. The van der Waals surface area contributed by atoms with Gasteiger partial charge in [-0.2, -0.15) is 0 Å². The summed E-state index contributed by atoms with van der Waals surface area (Å²) in [4.78, 5) is 28.0. The zero-order valence-corrected chi connectivity index (χ0v) is 11.6. The van der Waals surface area contributed by atoms with Gasteiger partial charge in [0.15, 0.2) is 0 Å². The lowest BCUT2D eigenvalue weighted by Gasteiger charge is -2.44.